The standard InChI is InChI=1S/C6H14NO/c1-3-6(8)4-5(2)7/h5-6,8H,1,3-4,7H2,2H3. The summed E-state index contributed by atoms with van der Waals surface area (Å²) >= 11 is 0. The van der Waals surface area contributed by atoms with Crippen LogP contribution < -0.4 is 5.73 Å². The average Bonchev–Trinajstić information content (AvgIpc) is 1.65. The molecular weight excluding hydrogens is 102 g/mol. The van der Waals surface area contributed by atoms with Crippen molar-refractivity contribution in [2.75, 3.05) is 0 Å². The Bertz CT molecular complexity index is 54.5. The SMILES string of the molecule is [CH2]CC(O)CC(C)N. The van der Waals surface area contributed by atoms with Crippen molar-refractivity contribution < 1.29 is 5.11 Å². The Morgan fingerprint density at radius 2 is 2.25 bits per heavy atom. The molecule has 0 saturated carbocycles. The quantitative estimate of drug-likeness (QED) is 0.557. The number of nitrogens with two attached hydrogens (primary N) is 1. The maximum absolute atomic E-state index is 8.89. The minimum atomic E-state index is -0.310. The summed E-state index contributed by atoms with van der Waals surface area (Å²) in [5.41, 5.74) is 5.38. The largest absolute Gasteiger partial charge is 0.393 e. The van der Waals surface area contributed by atoms with Crippen LogP contribution in [-0.2, 0) is 0 Å². The van der Waals surface area contributed by atoms with Gasteiger partial charge in [-0.25, -0.2) is 0 Å². The Balaban J connectivity index is 3.10. The number of hydrogen-bond donors (Lipinski definition) is 2. The van der Waals surface area contributed by atoms with Crippen molar-refractivity contribution >= 4 is 0 Å². The molecule has 49 valence electrons. The van der Waals surface area contributed by atoms with E-state index in [1.165, 1.54) is 0 Å². The van der Waals surface area contributed by atoms with Crippen LogP contribution in [0.15, 0.2) is 0 Å². The fourth-order valence-electron chi connectivity index (χ4n) is 0.547. The van der Waals surface area contributed by atoms with Crippen LogP contribution in [0.4, 0.5) is 0 Å². The summed E-state index contributed by atoms with van der Waals surface area (Å²) in [6, 6.07) is 0.0896. The maximum atomic E-state index is 8.89. The van der Waals surface area contributed by atoms with Gasteiger partial charge in [0.2, 0.25) is 0 Å². The van der Waals surface area contributed by atoms with Crippen LogP contribution in [-0.4, -0.2) is 17.3 Å². The van der Waals surface area contributed by atoms with Crippen LogP contribution in [0.1, 0.15) is 19.8 Å². The van der Waals surface area contributed by atoms with Crippen molar-refractivity contribution in [3.05, 3.63) is 6.92 Å². The normalized spacial score (nSPS) is 18.0. The van der Waals surface area contributed by atoms with Gasteiger partial charge in [0.1, 0.15) is 0 Å². The highest BCUT2D eigenvalue weighted by Gasteiger charge is 2.02. The molecule has 0 amide bonds. The molecule has 0 aromatic carbocycles. The van der Waals surface area contributed by atoms with E-state index in [-0.39, 0.29) is 12.1 Å². The predicted molar refractivity (Wildman–Crippen MR) is 34.2 cm³/mol. The molecule has 8 heavy (non-hydrogen) atoms. The molecule has 2 atom stereocenters. The zero-order valence-electron chi connectivity index (χ0n) is 5.30. The molecule has 3 N–H and O–H groups in total. The van der Waals surface area contributed by atoms with Crippen molar-refractivity contribution in [2.45, 2.75) is 31.9 Å². The summed E-state index contributed by atoms with van der Waals surface area (Å²) in [4.78, 5) is 0. The van der Waals surface area contributed by atoms with Gasteiger partial charge in [-0.1, -0.05) is 6.92 Å². The lowest BCUT2D eigenvalue weighted by molar-refractivity contribution is 0.160. The second kappa shape index (κ2) is 3.87. The molecule has 2 unspecified atom stereocenters. The Kier molecular flexibility index (Phi) is 3.83. The summed E-state index contributed by atoms with van der Waals surface area (Å²) in [6.07, 6.45) is 0.903. The van der Waals surface area contributed by atoms with E-state index in [4.69, 9.17) is 10.8 Å². The van der Waals surface area contributed by atoms with E-state index >= 15 is 0 Å². The zero-order chi connectivity index (χ0) is 6.57. The monoisotopic (exact) mass is 116 g/mol. The van der Waals surface area contributed by atoms with E-state index in [1.807, 2.05) is 6.92 Å². The van der Waals surface area contributed by atoms with Gasteiger partial charge in [0, 0.05) is 6.04 Å². The lowest BCUT2D eigenvalue weighted by atomic mass is 10.1. The summed E-state index contributed by atoms with van der Waals surface area (Å²) in [7, 11) is 0. The molecule has 0 saturated heterocycles. The van der Waals surface area contributed by atoms with E-state index in [0.29, 0.717) is 12.8 Å². The van der Waals surface area contributed by atoms with Crippen LogP contribution in [0.2, 0.25) is 0 Å². The molecule has 0 aliphatic heterocycles. The highest BCUT2D eigenvalue weighted by Crippen LogP contribution is 1.97. The third-order valence-electron chi connectivity index (χ3n) is 0.977. The van der Waals surface area contributed by atoms with Crippen LogP contribution in [0.3, 0.4) is 0 Å². The molecule has 0 aromatic heterocycles. The number of aliphatic hydroxyl groups excluding tert-OH is 1. The molecule has 0 spiro atoms. The Morgan fingerprint density at radius 3 is 2.38 bits per heavy atom. The first-order chi connectivity index (χ1) is 3.66. The summed E-state index contributed by atoms with van der Waals surface area (Å²) < 4.78 is 0. The van der Waals surface area contributed by atoms with Crippen molar-refractivity contribution in [1.82, 2.24) is 0 Å². The van der Waals surface area contributed by atoms with E-state index < -0.39 is 0 Å². The smallest absolute Gasteiger partial charge is 0.0554 e. The van der Waals surface area contributed by atoms with Gasteiger partial charge in [-0.2, -0.15) is 0 Å². The van der Waals surface area contributed by atoms with Gasteiger partial charge in [-0.05, 0) is 19.8 Å². The Labute approximate surface area is 50.7 Å². The first kappa shape index (κ1) is 7.92. The second-order valence-electron chi connectivity index (χ2n) is 2.16. The van der Waals surface area contributed by atoms with Gasteiger partial charge in [0.15, 0.2) is 0 Å². The fourth-order valence-corrected chi connectivity index (χ4v) is 0.547. The number of rotatable bonds is 3. The Morgan fingerprint density at radius 1 is 1.75 bits per heavy atom. The first-order valence-corrected chi connectivity index (χ1v) is 2.89. The number of hydrogen-bond acceptors (Lipinski definition) is 2. The van der Waals surface area contributed by atoms with E-state index in [0.717, 1.165) is 0 Å². The van der Waals surface area contributed by atoms with Crippen LogP contribution in [0.5, 0.6) is 0 Å². The Hall–Kier alpha value is -0.0800. The molecule has 0 heterocycles. The van der Waals surface area contributed by atoms with E-state index in [1.54, 1.807) is 0 Å². The van der Waals surface area contributed by atoms with Crippen molar-refractivity contribution in [3.8, 4) is 0 Å². The molecule has 2 heteroatoms. The van der Waals surface area contributed by atoms with Crippen molar-refractivity contribution in [1.29, 1.82) is 0 Å². The van der Waals surface area contributed by atoms with Gasteiger partial charge in [0.25, 0.3) is 0 Å². The van der Waals surface area contributed by atoms with Gasteiger partial charge >= 0.3 is 0 Å². The molecular formula is C6H14NO. The molecule has 0 aliphatic rings. The fraction of sp³-hybridized carbons (Fsp3) is 0.833. The minimum absolute atomic E-state index is 0.0896. The van der Waals surface area contributed by atoms with Gasteiger partial charge in [-0.15, -0.1) is 0 Å². The summed E-state index contributed by atoms with van der Waals surface area (Å²) in [6.45, 7) is 5.41. The number of aliphatic hydroxyl groups is 1. The maximum Gasteiger partial charge on any atom is 0.0554 e. The predicted octanol–water partition coefficient (Wildman–Crippen LogP) is 0.309. The topological polar surface area (TPSA) is 46.2 Å². The molecule has 0 aromatic rings. The lowest BCUT2D eigenvalue weighted by Crippen LogP contribution is -2.21. The van der Waals surface area contributed by atoms with Crippen LogP contribution >= 0.6 is 0 Å². The molecule has 2 nitrogen and oxygen atoms in total. The second-order valence-corrected chi connectivity index (χ2v) is 2.16. The summed E-state index contributed by atoms with van der Waals surface area (Å²) in [5, 5.41) is 8.89. The molecule has 0 aliphatic carbocycles. The first-order valence-electron chi connectivity index (χ1n) is 2.89. The molecule has 1 radical (unpaired) electrons. The van der Waals surface area contributed by atoms with E-state index in [2.05, 4.69) is 6.92 Å². The van der Waals surface area contributed by atoms with Gasteiger partial charge in [-0.3, -0.25) is 0 Å². The highest BCUT2D eigenvalue weighted by molar-refractivity contribution is 4.62. The summed E-state index contributed by atoms with van der Waals surface area (Å²) in [5.74, 6) is 0. The van der Waals surface area contributed by atoms with Gasteiger partial charge < -0.3 is 10.8 Å². The minimum Gasteiger partial charge on any atom is -0.393 e. The zero-order valence-corrected chi connectivity index (χ0v) is 5.30. The molecule has 0 rings (SSSR count). The molecule has 0 fully saturated rings. The lowest BCUT2D eigenvalue weighted by Gasteiger charge is -2.08. The van der Waals surface area contributed by atoms with Crippen LogP contribution in [0, 0.1) is 6.92 Å². The molecule has 0 bridgehead atoms. The van der Waals surface area contributed by atoms with Gasteiger partial charge in [0.05, 0.1) is 6.10 Å². The van der Waals surface area contributed by atoms with Crippen molar-refractivity contribution in [3.63, 3.8) is 0 Å². The third kappa shape index (κ3) is 4.09. The average molecular weight is 116 g/mol. The third-order valence-corrected chi connectivity index (χ3v) is 0.977. The highest BCUT2D eigenvalue weighted by atomic mass is 16.3. The van der Waals surface area contributed by atoms with E-state index in [9.17, 15) is 0 Å². The van der Waals surface area contributed by atoms with Crippen LogP contribution in [0.25, 0.3) is 0 Å². The van der Waals surface area contributed by atoms with Crippen molar-refractivity contribution in [2.24, 2.45) is 5.73 Å².